The summed E-state index contributed by atoms with van der Waals surface area (Å²) in [6.07, 6.45) is 0.852. The molecule has 0 heterocycles. The number of rotatable bonds is 3. The maximum absolute atomic E-state index is 9.02. The molecule has 84 valence electrons. The third-order valence-electron chi connectivity index (χ3n) is 3.48. The van der Waals surface area contributed by atoms with Gasteiger partial charge < -0.3 is 5.11 Å². The molecular weight excluding hydrogens is 184 g/mol. The van der Waals surface area contributed by atoms with Crippen LogP contribution in [-0.4, -0.2) is 11.7 Å². The summed E-state index contributed by atoms with van der Waals surface area (Å²) in [7, 11) is 0. The number of hydrogen-bond donors (Lipinski definition) is 1. The SMILES string of the molecule is Cc1cc(C)c(C)c(C(C)CCO)c1C. The Morgan fingerprint density at radius 1 is 1.07 bits per heavy atom. The zero-order valence-electron chi connectivity index (χ0n) is 10.5. The molecule has 0 spiro atoms. The van der Waals surface area contributed by atoms with Crippen LogP contribution in [0.25, 0.3) is 0 Å². The van der Waals surface area contributed by atoms with Gasteiger partial charge in [-0.15, -0.1) is 0 Å². The van der Waals surface area contributed by atoms with E-state index in [2.05, 4.69) is 40.7 Å². The van der Waals surface area contributed by atoms with Gasteiger partial charge in [-0.3, -0.25) is 0 Å². The van der Waals surface area contributed by atoms with Crippen molar-refractivity contribution < 1.29 is 5.11 Å². The van der Waals surface area contributed by atoms with Crippen LogP contribution in [0.1, 0.15) is 47.1 Å². The highest BCUT2D eigenvalue weighted by Crippen LogP contribution is 2.30. The molecule has 0 aliphatic carbocycles. The molecule has 1 aromatic carbocycles. The lowest BCUT2D eigenvalue weighted by Gasteiger charge is -2.20. The molecule has 0 saturated carbocycles. The number of aryl methyl sites for hydroxylation is 2. The largest absolute Gasteiger partial charge is 0.396 e. The first-order valence-corrected chi connectivity index (χ1v) is 5.67. The molecule has 1 heteroatoms. The summed E-state index contributed by atoms with van der Waals surface area (Å²) in [4.78, 5) is 0. The summed E-state index contributed by atoms with van der Waals surface area (Å²) in [5.74, 6) is 0.452. The van der Waals surface area contributed by atoms with Gasteiger partial charge in [0, 0.05) is 6.61 Å². The highest BCUT2D eigenvalue weighted by Gasteiger charge is 2.14. The van der Waals surface area contributed by atoms with Gasteiger partial charge in [0.1, 0.15) is 0 Å². The highest BCUT2D eigenvalue weighted by atomic mass is 16.3. The predicted octanol–water partition coefficient (Wildman–Crippen LogP) is 3.41. The Morgan fingerprint density at radius 3 is 1.93 bits per heavy atom. The van der Waals surface area contributed by atoms with E-state index in [1.807, 2.05) is 0 Å². The van der Waals surface area contributed by atoms with Crippen molar-refractivity contribution in [2.24, 2.45) is 0 Å². The first-order valence-electron chi connectivity index (χ1n) is 5.67. The van der Waals surface area contributed by atoms with Crippen molar-refractivity contribution in [1.29, 1.82) is 0 Å². The summed E-state index contributed by atoms with van der Waals surface area (Å²) in [6, 6.07) is 2.25. The first kappa shape index (κ1) is 12.3. The van der Waals surface area contributed by atoms with Crippen LogP contribution < -0.4 is 0 Å². The fourth-order valence-corrected chi connectivity index (χ4v) is 2.32. The molecule has 0 saturated heterocycles. The van der Waals surface area contributed by atoms with Crippen molar-refractivity contribution in [3.63, 3.8) is 0 Å². The third-order valence-corrected chi connectivity index (χ3v) is 3.48. The van der Waals surface area contributed by atoms with E-state index in [0.29, 0.717) is 5.92 Å². The van der Waals surface area contributed by atoms with Crippen molar-refractivity contribution in [3.05, 3.63) is 33.9 Å². The van der Waals surface area contributed by atoms with Crippen LogP contribution in [0.4, 0.5) is 0 Å². The lowest BCUT2D eigenvalue weighted by molar-refractivity contribution is 0.278. The molecule has 1 rings (SSSR count). The quantitative estimate of drug-likeness (QED) is 0.803. The minimum absolute atomic E-state index is 0.271. The van der Waals surface area contributed by atoms with E-state index < -0.39 is 0 Å². The molecule has 0 aliphatic heterocycles. The number of hydrogen-bond acceptors (Lipinski definition) is 1. The molecule has 0 bridgehead atoms. The molecule has 1 N–H and O–H groups in total. The third kappa shape index (κ3) is 2.40. The van der Waals surface area contributed by atoms with Crippen molar-refractivity contribution >= 4 is 0 Å². The van der Waals surface area contributed by atoms with E-state index in [0.717, 1.165) is 6.42 Å². The minimum Gasteiger partial charge on any atom is -0.396 e. The van der Waals surface area contributed by atoms with Crippen LogP contribution in [0, 0.1) is 27.7 Å². The van der Waals surface area contributed by atoms with Gasteiger partial charge in [0.25, 0.3) is 0 Å². The van der Waals surface area contributed by atoms with Gasteiger partial charge in [-0.1, -0.05) is 13.0 Å². The van der Waals surface area contributed by atoms with Gasteiger partial charge in [-0.05, 0) is 67.9 Å². The zero-order chi connectivity index (χ0) is 11.6. The van der Waals surface area contributed by atoms with Gasteiger partial charge >= 0.3 is 0 Å². The van der Waals surface area contributed by atoms with Gasteiger partial charge in [-0.2, -0.15) is 0 Å². The zero-order valence-corrected chi connectivity index (χ0v) is 10.5. The van der Waals surface area contributed by atoms with Crippen molar-refractivity contribution in [3.8, 4) is 0 Å². The van der Waals surface area contributed by atoms with E-state index in [-0.39, 0.29) is 6.61 Å². The average molecular weight is 206 g/mol. The van der Waals surface area contributed by atoms with Gasteiger partial charge in [0.05, 0.1) is 0 Å². The molecule has 0 aromatic heterocycles. The van der Waals surface area contributed by atoms with Gasteiger partial charge in [0.15, 0.2) is 0 Å². The van der Waals surface area contributed by atoms with Crippen LogP contribution in [0.15, 0.2) is 6.07 Å². The molecule has 0 fully saturated rings. The fourth-order valence-electron chi connectivity index (χ4n) is 2.32. The molecule has 1 nitrogen and oxygen atoms in total. The summed E-state index contributed by atoms with van der Waals surface area (Å²) < 4.78 is 0. The van der Waals surface area contributed by atoms with Crippen LogP contribution in [-0.2, 0) is 0 Å². The lowest BCUT2D eigenvalue weighted by Crippen LogP contribution is -2.05. The summed E-state index contributed by atoms with van der Waals surface area (Å²) in [5, 5.41) is 9.02. The highest BCUT2D eigenvalue weighted by molar-refractivity contribution is 5.45. The van der Waals surface area contributed by atoms with E-state index in [1.165, 1.54) is 27.8 Å². The second-order valence-electron chi connectivity index (χ2n) is 4.59. The topological polar surface area (TPSA) is 20.2 Å². The van der Waals surface area contributed by atoms with E-state index in [9.17, 15) is 0 Å². The maximum Gasteiger partial charge on any atom is 0.0436 e. The molecule has 1 aromatic rings. The summed E-state index contributed by atoms with van der Waals surface area (Å²) >= 11 is 0. The first-order chi connectivity index (χ1) is 6.99. The van der Waals surface area contributed by atoms with Gasteiger partial charge in [-0.25, -0.2) is 0 Å². The molecule has 1 unspecified atom stereocenters. The summed E-state index contributed by atoms with van der Waals surface area (Å²) in [6.45, 7) is 11.2. The Balaban J connectivity index is 3.26. The van der Waals surface area contributed by atoms with Crippen molar-refractivity contribution in [2.75, 3.05) is 6.61 Å². The maximum atomic E-state index is 9.02. The lowest BCUT2D eigenvalue weighted by atomic mass is 9.85. The molecule has 1 atom stereocenters. The second-order valence-corrected chi connectivity index (χ2v) is 4.59. The number of aliphatic hydroxyl groups is 1. The Hall–Kier alpha value is -0.820. The number of benzene rings is 1. The van der Waals surface area contributed by atoms with Crippen molar-refractivity contribution in [1.82, 2.24) is 0 Å². The van der Waals surface area contributed by atoms with Crippen LogP contribution in [0.5, 0.6) is 0 Å². The van der Waals surface area contributed by atoms with Crippen LogP contribution in [0.3, 0.4) is 0 Å². The molecule has 0 aliphatic rings. The van der Waals surface area contributed by atoms with Crippen molar-refractivity contribution in [2.45, 2.75) is 47.0 Å². The van der Waals surface area contributed by atoms with Crippen LogP contribution >= 0.6 is 0 Å². The Morgan fingerprint density at radius 2 is 1.53 bits per heavy atom. The predicted molar refractivity (Wildman–Crippen MR) is 65.5 cm³/mol. The van der Waals surface area contributed by atoms with E-state index in [1.54, 1.807) is 0 Å². The smallest absolute Gasteiger partial charge is 0.0436 e. The fraction of sp³-hybridized carbons (Fsp3) is 0.571. The Labute approximate surface area is 93.1 Å². The second kappa shape index (κ2) is 4.80. The van der Waals surface area contributed by atoms with E-state index >= 15 is 0 Å². The normalized spacial score (nSPS) is 12.9. The Bertz CT molecular complexity index is 327. The minimum atomic E-state index is 0.271. The molecule has 0 amide bonds. The average Bonchev–Trinajstić information content (AvgIpc) is 2.16. The van der Waals surface area contributed by atoms with Gasteiger partial charge in [0.2, 0.25) is 0 Å². The molecule has 0 radical (unpaired) electrons. The monoisotopic (exact) mass is 206 g/mol. The summed E-state index contributed by atoms with van der Waals surface area (Å²) in [5.41, 5.74) is 6.93. The molecular formula is C14H22O. The van der Waals surface area contributed by atoms with Crippen LogP contribution in [0.2, 0.25) is 0 Å². The van der Waals surface area contributed by atoms with E-state index in [4.69, 9.17) is 5.11 Å². The molecule has 15 heavy (non-hydrogen) atoms. The number of aliphatic hydroxyl groups excluding tert-OH is 1. The Kier molecular flexibility index (Phi) is 3.92. The standard InChI is InChI=1S/C14H22O/c1-9(6-7-15)14-12(4)10(2)8-11(3)13(14)5/h8-9,15H,6-7H2,1-5H3.